The van der Waals surface area contributed by atoms with Crippen LogP contribution >= 0.6 is 11.3 Å². The smallest absolute Gasteiger partial charge is 0.350 e. The maximum Gasteiger partial charge on any atom is 0.350 e. The fourth-order valence-electron chi connectivity index (χ4n) is 6.27. The molecular weight excluding hydrogens is 520 g/mol. The van der Waals surface area contributed by atoms with Crippen molar-refractivity contribution in [1.29, 1.82) is 0 Å². The van der Waals surface area contributed by atoms with E-state index >= 15 is 0 Å². The van der Waals surface area contributed by atoms with Gasteiger partial charge in [-0.15, -0.1) is 11.3 Å². The molecule has 5 rings (SSSR count). The van der Waals surface area contributed by atoms with E-state index in [1.807, 2.05) is 30.3 Å². The lowest BCUT2D eigenvalue weighted by Crippen LogP contribution is -2.37. The highest BCUT2D eigenvalue weighted by molar-refractivity contribution is 7.89. The van der Waals surface area contributed by atoms with E-state index in [0.717, 1.165) is 29.7 Å². The van der Waals surface area contributed by atoms with Crippen LogP contribution < -0.4 is 5.32 Å². The number of methoxy groups -OCH3 is 1. The number of carbonyl (C=O) groups is 2. The number of nitrogens with zero attached hydrogens (tertiary/aromatic N) is 1. The Bertz CT molecular complexity index is 1480. The van der Waals surface area contributed by atoms with Crippen molar-refractivity contribution in [2.24, 2.45) is 10.8 Å². The summed E-state index contributed by atoms with van der Waals surface area (Å²) in [5.41, 5.74) is 1.65. The Kier molecular flexibility index (Phi) is 6.74. The van der Waals surface area contributed by atoms with Gasteiger partial charge in [0.1, 0.15) is 4.88 Å². The number of hydrogen-bond donors (Lipinski definition) is 1. The van der Waals surface area contributed by atoms with Gasteiger partial charge in [0.25, 0.3) is 5.91 Å². The van der Waals surface area contributed by atoms with Crippen LogP contribution in [0.25, 0.3) is 10.4 Å². The number of thiophene rings is 1. The maximum absolute atomic E-state index is 13.6. The predicted octanol–water partition coefficient (Wildman–Crippen LogP) is 6.04. The number of carbonyl (C=O) groups excluding carboxylic acids is 2. The first-order chi connectivity index (χ1) is 17.9. The predicted molar refractivity (Wildman–Crippen MR) is 149 cm³/mol. The molecule has 9 heteroatoms. The molecule has 1 saturated heterocycles. The number of nitrogens with one attached hydrogen (secondary N) is 1. The zero-order chi connectivity index (χ0) is 27.3. The van der Waals surface area contributed by atoms with Gasteiger partial charge in [0, 0.05) is 23.0 Å². The molecule has 0 spiro atoms. The van der Waals surface area contributed by atoms with Crippen LogP contribution in [0.3, 0.4) is 0 Å². The van der Waals surface area contributed by atoms with Crippen LogP contribution in [-0.2, 0) is 14.8 Å². The minimum atomic E-state index is -3.69. The van der Waals surface area contributed by atoms with Gasteiger partial charge in [-0.25, -0.2) is 13.2 Å². The zero-order valence-corrected chi connectivity index (χ0v) is 23.6. The lowest BCUT2D eigenvalue weighted by Gasteiger charge is -2.39. The van der Waals surface area contributed by atoms with Crippen LogP contribution in [0.15, 0.2) is 65.6 Å². The van der Waals surface area contributed by atoms with Crippen LogP contribution in [0.2, 0.25) is 0 Å². The fourth-order valence-corrected chi connectivity index (χ4v) is 9.08. The molecule has 200 valence electrons. The number of ether oxygens (including phenoxy) is 1. The highest BCUT2D eigenvalue weighted by Crippen LogP contribution is 2.53. The van der Waals surface area contributed by atoms with E-state index in [1.165, 1.54) is 42.7 Å². The summed E-state index contributed by atoms with van der Waals surface area (Å²) in [7, 11) is -2.39. The zero-order valence-electron chi connectivity index (χ0n) is 22.0. The third-order valence-electron chi connectivity index (χ3n) is 7.50. The van der Waals surface area contributed by atoms with Crippen molar-refractivity contribution in [3.05, 3.63) is 71.1 Å². The summed E-state index contributed by atoms with van der Waals surface area (Å²) in [5, 5.41) is 2.80. The second kappa shape index (κ2) is 9.63. The lowest BCUT2D eigenvalue weighted by atomic mass is 9.65. The van der Waals surface area contributed by atoms with Crippen LogP contribution in [0, 0.1) is 10.8 Å². The molecule has 38 heavy (non-hydrogen) atoms. The molecule has 2 unspecified atom stereocenters. The summed E-state index contributed by atoms with van der Waals surface area (Å²) in [6.07, 6.45) is 2.73. The first kappa shape index (κ1) is 26.6. The number of benzene rings is 2. The van der Waals surface area contributed by atoms with E-state index in [2.05, 4.69) is 26.1 Å². The number of fused-ring (bicyclic) bond motifs is 2. The molecule has 2 aliphatic rings. The molecule has 0 radical (unpaired) electrons. The van der Waals surface area contributed by atoms with E-state index in [9.17, 15) is 18.0 Å². The molecule has 1 amide bonds. The van der Waals surface area contributed by atoms with Crippen molar-refractivity contribution in [2.75, 3.05) is 19.0 Å². The first-order valence-electron chi connectivity index (χ1n) is 12.6. The topological polar surface area (TPSA) is 92.8 Å². The van der Waals surface area contributed by atoms with Gasteiger partial charge < -0.3 is 10.1 Å². The van der Waals surface area contributed by atoms with E-state index in [1.54, 1.807) is 10.4 Å². The molecule has 2 heterocycles. The van der Waals surface area contributed by atoms with Gasteiger partial charge in [-0.05, 0) is 66.0 Å². The van der Waals surface area contributed by atoms with Gasteiger partial charge in [0.05, 0.1) is 17.7 Å². The number of sulfonamides is 1. The minimum absolute atomic E-state index is 0.00845. The fraction of sp³-hybridized carbons (Fsp3) is 0.379. The molecule has 2 fully saturated rings. The van der Waals surface area contributed by atoms with Crippen LogP contribution in [-0.4, -0.2) is 44.3 Å². The van der Waals surface area contributed by atoms with E-state index in [-0.39, 0.29) is 26.6 Å². The normalized spacial score (nSPS) is 22.7. The Morgan fingerprint density at radius 1 is 1.03 bits per heavy atom. The molecule has 1 N–H and O–H groups in total. The quantitative estimate of drug-likeness (QED) is 0.376. The lowest BCUT2D eigenvalue weighted by molar-refractivity contribution is 0.0607. The van der Waals surface area contributed by atoms with E-state index in [0.29, 0.717) is 17.8 Å². The summed E-state index contributed by atoms with van der Waals surface area (Å²) < 4.78 is 33.7. The van der Waals surface area contributed by atoms with Crippen LogP contribution in [0.1, 0.15) is 60.1 Å². The molecule has 1 aliphatic heterocycles. The number of esters is 1. The Morgan fingerprint density at radius 2 is 1.71 bits per heavy atom. The first-order valence-corrected chi connectivity index (χ1v) is 14.9. The van der Waals surface area contributed by atoms with E-state index in [4.69, 9.17) is 4.74 Å². The molecule has 2 bridgehead atoms. The molecule has 3 aromatic rings. The number of amides is 1. The summed E-state index contributed by atoms with van der Waals surface area (Å²) in [6.45, 7) is 7.12. The summed E-state index contributed by atoms with van der Waals surface area (Å²) >= 11 is 1.24. The molecule has 1 saturated carbocycles. The van der Waals surface area contributed by atoms with E-state index < -0.39 is 21.9 Å². The second-order valence-corrected chi connectivity index (χ2v) is 14.4. The van der Waals surface area contributed by atoms with Gasteiger partial charge in [-0.2, -0.15) is 4.31 Å². The summed E-state index contributed by atoms with van der Waals surface area (Å²) in [6, 6.07) is 17.3. The number of rotatable bonds is 6. The summed E-state index contributed by atoms with van der Waals surface area (Å²) in [5.74, 6) is -0.982. The van der Waals surface area contributed by atoms with Gasteiger partial charge in [-0.1, -0.05) is 51.1 Å². The Labute approximate surface area is 227 Å². The Morgan fingerprint density at radius 3 is 2.37 bits per heavy atom. The Hall–Kier alpha value is -3.01. The number of hydrogen-bond acceptors (Lipinski definition) is 6. The van der Waals surface area contributed by atoms with Gasteiger partial charge in [0.2, 0.25) is 10.0 Å². The molecule has 1 aromatic heterocycles. The molecular formula is C29H32N2O5S2. The highest BCUT2D eigenvalue weighted by atomic mass is 32.2. The molecule has 1 aliphatic carbocycles. The number of anilines is 1. The maximum atomic E-state index is 13.6. The molecule has 7 nitrogen and oxygen atoms in total. The second-order valence-electron chi connectivity index (χ2n) is 11.5. The largest absolute Gasteiger partial charge is 0.465 e. The molecule has 2 aromatic carbocycles. The summed E-state index contributed by atoms with van der Waals surface area (Å²) in [4.78, 5) is 26.8. The average Bonchev–Trinajstić information content (AvgIpc) is 3.41. The third-order valence-corrected chi connectivity index (χ3v) is 10.6. The van der Waals surface area contributed by atoms with Crippen LogP contribution in [0.5, 0.6) is 0 Å². The van der Waals surface area contributed by atoms with Crippen molar-refractivity contribution in [3.8, 4) is 10.4 Å². The Balaban J connectivity index is 1.36. The van der Waals surface area contributed by atoms with Crippen molar-refractivity contribution in [3.63, 3.8) is 0 Å². The standard InChI is InChI=1S/C29H32N2O5S2/c1-28(2)15-21-16-29(3,17-28)18-31(21)38(34,35)22-12-10-20(11-13-22)26(32)30-23-14-24(19-8-6-5-7-9-19)37-25(23)27(33)36-4/h5-14,21H,15-18H2,1-4H3,(H,30,32). The molecule has 2 atom stereocenters. The average molecular weight is 553 g/mol. The third kappa shape index (κ3) is 5.02. The van der Waals surface area contributed by atoms with Gasteiger partial charge in [-0.3, -0.25) is 4.79 Å². The SMILES string of the molecule is COC(=O)c1sc(-c2ccccc2)cc1NC(=O)c1ccc(S(=O)(=O)N2CC3(C)CC2CC(C)(C)C3)cc1. The van der Waals surface area contributed by atoms with Crippen molar-refractivity contribution >= 4 is 38.9 Å². The van der Waals surface area contributed by atoms with Gasteiger partial charge in [0.15, 0.2) is 0 Å². The monoisotopic (exact) mass is 552 g/mol. The van der Waals surface area contributed by atoms with Crippen molar-refractivity contribution < 1.29 is 22.7 Å². The van der Waals surface area contributed by atoms with Crippen LogP contribution in [0.4, 0.5) is 5.69 Å². The van der Waals surface area contributed by atoms with Crippen molar-refractivity contribution in [1.82, 2.24) is 4.31 Å². The van der Waals surface area contributed by atoms with Crippen molar-refractivity contribution in [2.45, 2.75) is 51.0 Å². The highest BCUT2D eigenvalue weighted by Gasteiger charge is 2.53. The minimum Gasteiger partial charge on any atom is -0.465 e. The van der Waals surface area contributed by atoms with Gasteiger partial charge >= 0.3 is 5.97 Å².